The fraction of sp³-hybridized carbons (Fsp3) is 0.375. The Balaban J connectivity index is 2.11. The van der Waals surface area contributed by atoms with Crippen LogP contribution in [-0.2, 0) is 38.3 Å². The number of hydrogen-bond donors (Lipinski definition) is 2. The average molecular weight is 480 g/mol. The third-order valence-electron chi connectivity index (χ3n) is 4.98. The van der Waals surface area contributed by atoms with Gasteiger partial charge in [-0.3, -0.25) is 4.79 Å². The molecule has 0 bridgehead atoms. The van der Waals surface area contributed by atoms with E-state index in [1.807, 2.05) is 6.07 Å². The molecule has 2 aromatic rings. The van der Waals surface area contributed by atoms with Gasteiger partial charge in [0.1, 0.15) is 18.7 Å². The molecule has 10 heteroatoms. The number of alkyl carbamates (subject to hydrolysis) is 1. The first kappa shape index (κ1) is 26.7. The maximum atomic E-state index is 13.4. The van der Waals surface area contributed by atoms with E-state index in [1.165, 1.54) is 18.2 Å². The zero-order valence-corrected chi connectivity index (χ0v) is 19.0. The number of esters is 1. The third-order valence-corrected chi connectivity index (χ3v) is 4.98. The lowest BCUT2D eigenvalue weighted by Gasteiger charge is -2.25. The molecule has 2 N–H and O–H groups in total. The first-order valence-corrected chi connectivity index (χ1v) is 10.5. The predicted molar refractivity (Wildman–Crippen MR) is 117 cm³/mol. The number of hydrogen-bond acceptors (Lipinski definition) is 5. The van der Waals surface area contributed by atoms with E-state index >= 15 is 0 Å². The van der Waals surface area contributed by atoms with Crippen molar-refractivity contribution in [2.45, 2.75) is 45.1 Å². The van der Waals surface area contributed by atoms with Crippen LogP contribution >= 0.6 is 0 Å². The van der Waals surface area contributed by atoms with Crippen LogP contribution in [0.5, 0.6) is 0 Å². The van der Waals surface area contributed by atoms with Crippen molar-refractivity contribution in [3.05, 3.63) is 71.3 Å². The average Bonchev–Trinajstić information content (AvgIpc) is 2.80. The second-order valence-corrected chi connectivity index (χ2v) is 7.87. The summed E-state index contributed by atoms with van der Waals surface area (Å²) < 4.78 is 49.9. The number of alkyl halides is 3. The summed E-state index contributed by atoms with van der Waals surface area (Å²) in [6, 6.07) is 11.2. The Kier molecular flexibility index (Phi) is 9.47. The highest BCUT2D eigenvalue weighted by Crippen LogP contribution is 2.32. The summed E-state index contributed by atoms with van der Waals surface area (Å²) in [5.41, 5.74) is -0.347. The maximum absolute atomic E-state index is 13.4. The van der Waals surface area contributed by atoms with Gasteiger partial charge in [-0.2, -0.15) is 13.2 Å². The standard InChI is InChI=1S/C24H27F3N2O5/c1-15(2)20(29-23(32)34-14-16-9-5-4-6-10-16)21(30)28-19(22(31)33-3)13-17-11-7-8-12-18(17)24(25,26)27/h4-12,15,19-20H,13-14H2,1-3H3,(H,28,30)(H,29,32)/t19-,20+/m1/s1. The molecule has 0 unspecified atom stereocenters. The van der Waals surface area contributed by atoms with Gasteiger partial charge < -0.3 is 20.1 Å². The molecule has 0 fully saturated rings. The molecule has 0 spiro atoms. The number of rotatable bonds is 9. The zero-order valence-electron chi connectivity index (χ0n) is 19.0. The van der Waals surface area contributed by atoms with Crippen LogP contribution in [0.1, 0.15) is 30.5 Å². The molecule has 0 aliphatic carbocycles. The van der Waals surface area contributed by atoms with E-state index in [2.05, 4.69) is 15.4 Å². The summed E-state index contributed by atoms with van der Waals surface area (Å²) >= 11 is 0. The van der Waals surface area contributed by atoms with E-state index in [9.17, 15) is 27.6 Å². The summed E-state index contributed by atoms with van der Waals surface area (Å²) in [5.74, 6) is -2.09. The predicted octanol–water partition coefficient (Wildman–Crippen LogP) is 3.86. The Morgan fingerprint density at radius 3 is 2.15 bits per heavy atom. The number of carbonyl (C=O) groups is 3. The van der Waals surface area contributed by atoms with E-state index in [0.29, 0.717) is 0 Å². The van der Waals surface area contributed by atoms with Gasteiger partial charge >= 0.3 is 18.2 Å². The molecule has 0 aliphatic heterocycles. The minimum Gasteiger partial charge on any atom is -0.467 e. The van der Waals surface area contributed by atoms with Crippen LogP contribution in [0.4, 0.5) is 18.0 Å². The van der Waals surface area contributed by atoms with Crippen molar-refractivity contribution in [1.82, 2.24) is 10.6 Å². The van der Waals surface area contributed by atoms with Crippen LogP contribution in [-0.4, -0.2) is 37.2 Å². The van der Waals surface area contributed by atoms with Gasteiger partial charge in [0, 0.05) is 6.42 Å². The van der Waals surface area contributed by atoms with Gasteiger partial charge in [-0.1, -0.05) is 62.4 Å². The molecule has 0 aliphatic rings. The second-order valence-electron chi connectivity index (χ2n) is 7.87. The van der Waals surface area contributed by atoms with Gasteiger partial charge in [0.2, 0.25) is 5.91 Å². The van der Waals surface area contributed by atoms with Crippen LogP contribution in [0.25, 0.3) is 0 Å². The molecular formula is C24H27F3N2O5. The van der Waals surface area contributed by atoms with Gasteiger partial charge in [-0.25, -0.2) is 9.59 Å². The molecule has 0 saturated carbocycles. The fourth-order valence-corrected chi connectivity index (χ4v) is 3.22. The maximum Gasteiger partial charge on any atom is 0.416 e. The molecule has 2 rings (SSSR count). The molecular weight excluding hydrogens is 453 g/mol. The van der Waals surface area contributed by atoms with Gasteiger partial charge in [0.25, 0.3) is 0 Å². The number of ether oxygens (including phenoxy) is 2. The topological polar surface area (TPSA) is 93.7 Å². The summed E-state index contributed by atoms with van der Waals surface area (Å²) in [7, 11) is 1.07. The van der Waals surface area contributed by atoms with Gasteiger partial charge in [0.05, 0.1) is 12.7 Å². The monoisotopic (exact) mass is 480 g/mol. The van der Waals surface area contributed by atoms with Gasteiger partial charge in [-0.05, 0) is 23.1 Å². The van der Waals surface area contributed by atoms with E-state index in [-0.39, 0.29) is 12.2 Å². The van der Waals surface area contributed by atoms with Crippen molar-refractivity contribution in [2.24, 2.45) is 5.92 Å². The molecule has 0 heterocycles. The number of carbonyl (C=O) groups excluding carboxylic acids is 3. The van der Waals surface area contributed by atoms with Crippen LogP contribution in [0.15, 0.2) is 54.6 Å². The van der Waals surface area contributed by atoms with Crippen LogP contribution in [0, 0.1) is 5.92 Å². The van der Waals surface area contributed by atoms with Crippen LogP contribution in [0.2, 0.25) is 0 Å². The SMILES string of the molecule is COC(=O)[C@@H](Cc1ccccc1C(F)(F)F)NC(=O)[C@@H](NC(=O)OCc1ccccc1)C(C)C. The van der Waals surface area contributed by atoms with Crippen LogP contribution < -0.4 is 10.6 Å². The Morgan fingerprint density at radius 2 is 1.56 bits per heavy atom. The smallest absolute Gasteiger partial charge is 0.416 e. The largest absolute Gasteiger partial charge is 0.467 e. The molecule has 2 aromatic carbocycles. The van der Waals surface area contributed by atoms with Crippen LogP contribution in [0.3, 0.4) is 0 Å². The minimum absolute atomic E-state index is 0.0158. The molecule has 2 atom stereocenters. The highest BCUT2D eigenvalue weighted by atomic mass is 19.4. The van der Waals surface area contributed by atoms with Gasteiger partial charge in [0.15, 0.2) is 0 Å². The number of amides is 2. The normalized spacial score (nSPS) is 13.0. The summed E-state index contributed by atoms with van der Waals surface area (Å²) in [6.07, 6.45) is -5.93. The Labute approximate surface area is 195 Å². The van der Waals surface area contributed by atoms with E-state index in [1.54, 1.807) is 38.1 Å². The molecule has 7 nitrogen and oxygen atoms in total. The van der Waals surface area contributed by atoms with Crippen molar-refractivity contribution >= 4 is 18.0 Å². The lowest BCUT2D eigenvalue weighted by molar-refractivity contribution is -0.146. The molecule has 0 saturated heterocycles. The van der Waals surface area contributed by atoms with Crippen molar-refractivity contribution in [2.75, 3.05) is 7.11 Å². The fourth-order valence-electron chi connectivity index (χ4n) is 3.22. The van der Waals surface area contributed by atoms with E-state index in [4.69, 9.17) is 4.74 Å². The van der Waals surface area contributed by atoms with Crippen molar-refractivity contribution in [1.29, 1.82) is 0 Å². The minimum atomic E-state index is -4.63. The highest BCUT2D eigenvalue weighted by molar-refractivity contribution is 5.90. The second kappa shape index (κ2) is 12.1. The van der Waals surface area contributed by atoms with E-state index < -0.39 is 54.1 Å². The molecule has 34 heavy (non-hydrogen) atoms. The lowest BCUT2D eigenvalue weighted by atomic mass is 9.98. The molecule has 0 aromatic heterocycles. The lowest BCUT2D eigenvalue weighted by Crippen LogP contribution is -2.54. The Hall–Kier alpha value is -3.56. The number of methoxy groups -OCH3 is 1. The Bertz CT molecular complexity index is 980. The molecule has 2 amide bonds. The first-order valence-electron chi connectivity index (χ1n) is 10.5. The molecule has 184 valence electrons. The van der Waals surface area contributed by atoms with E-state index in [0.717, 1.165) is 18.7 Å². The quantitative estimate of drug-likeness (QED) is 0.532. The summed E-state index contributed by atoms with van der Waals surface area (Å²) in [4.78, 5) is 37.4. The van der Waals surface area contributed by atoms with Gasteiger partial charge in [-0.15, -0.1) is 0 Å². The summed E-state index contributed by atoms with van der Waals surface area (Å²) in [6.45, 7) is 3.31. The third kappa shape index (κ3) is 7.79. The highest BCUT2D eigenvalue weighted by Gasteiger charge is 2.35. The summed E-state index contributed by atoms with van der Waals surface area (Å²) in [5, 5.41) is 4.85. The van der Waals surface area contributed by atoms with Crippen molar-refractivity contribution in [3.8, 4) is 0 Å². The number of nitrogens with one attached hydrogen (secondary N) is 2. The number of halogens is 3. The number of benzene rings is 2. The van der Waals surface area contributed by atoms with Crippen molar-refractivity contribution < 1.29 is 37.0 Å². The van der Waals surface area contributed by atoms with Crippen molar-refractivity contribution in [3.63, 3.8) is 0 Å². The first-order chi connectivity index (χ1) is 16.0. The Morgan fingerprint density at radius 1 is 0.941 bits per heavy atom. The zero-order chi connectivity index (χ0) is 25.3. The molecule has 0 radical (unpaired) electrons.